The first-order valence-corrected chi connectivity index (χ1v) is 7.36. The van der Waals surface area contributed by atoms with Crippen LogP contribution in [0, 0.1) is 0 Å². The Balaban J connectivity index is 2.94. The zero-order valence-corrected chi connectivity index (χ0v) is 12.7. The van der Waals surface area contributed by atoms with Gasteiger partial charge in [-0.25, -0.2) is 4.79 Å². The number of carbonyl (C=O) groups is 2. The van der Waals surface area contributed by atoms with Crippen molar-refractivity contribution in [1.82, 2.24) is 0 Å². The van der Waals surface area contributed by atoms with Crippen molar-refractivity contribution in [3.63, 3.8) is 0 Å². The standard InChI is InChI=1S/C14H17BrO5/c1-2-20-12(16)7-6-9-4-3-5-10(11(9)8-15)13(17)14(18)19/h3-5,13,17H,2,6-8H2,1H3,(H,18,19). The quantitative estimate of drug-likeness (QED) is 0.585. The molecule has 5 nitrogen and oxygen atoms in total. The normalized spacial score (nSPS) is 11.9. The lowest BCUT2D eigenvalue weighted by atomic mass is 9.96. The Bertz CT molecular complexity index is 486. The highest BCUT2D eigenvalue weighted by molar-refractivity contribution is 9.08. The minimum absolute atomic E-state index is 0.223. The van der Waals surface area contributed by atoms with Crippen LogP contribution < -0.4 is 0 Å². The summed E-state index contributed by atoms with van der Waals surface area (Å²) in [5.74, 6) is -1.59. The van der Waals surface area contributed by atoms with Gasteiger partial charge in [-0.05, 0) is 30.0 Å². The number of aliphatic hydroxyl groups excluding tert-OH is 1. The van der Waals surface area contributed by atoms with E-state index in [4.69, 9.17) is 9.84 Å². The molecule has 0 aliphatic heterocycles. The third kappa shape index (κ3) is 4.31. The van der Waals surface area contributed by atoms with Crippen LogP contribution in [0.1, 0.15) is 36.1 Å². The molecule has 0 saturated carbocycles. The van der Waals surface area contributed by atoms with Gasteiger partial charge in [0.15, 0.2) is 6.10 Å². The van der Waals surface area contributed by atoms with E-state index in [1.807, 2.05) is 6.07 Å². The zero-order valence-electron chi connectivity index (χ0n) is 11.1. The third-order valence-corrected chi connectivity index (χ3v) is 3.44. The topological polar surface area (TPSA) is 83.8 Å². The number of rotatable bonds is 7. The highest BCUT2D eigenvalue weighted by Crippen LogP contribution is 2.25. The molecule has 20 heavy (non-hydrogen) atoms. The van der Waals surface area contributed by atoms with Gasteiger partial charge in [-0.15, -0.1) is 0 Å². The number of carbonyl (C=O) groups excluding carboxylic acids is 1. The molecule has 1 aromatic carbocycles. The molecule has 1 unspecified atom stereocenters. The molecule has 0 fully saturated rings. The Labute approximate surface area is 125 Å². The number of carboxylic acid groups (broad SMARTS) is 1. The molecule has 0 saturated heterocycles. The molecule has 0 aromatic heterocycles. The summed E-state index contributed by atoms with van der Waals surface area (Å²) < 4.78 is 4.86. The van der Waals surface area contributed by atoms with Crippen LogP contribution in [-0.4, -0.2) is 28.8 Å². The third-order valence-electron chi connectivity index (χ3n) is 2.88. The number of alkyl halides is 1. The van der Waals surface area contributed by atoms with Gasteiger partial charge in [0.2, 0.25) is 0 Å². The van der Waals surface area contributed by atoms with Gasteiger partial charge < -0.3 is 14.9 Å². The predicted molar refractivity (Wildman–Crippen MR) is 76.6 cm³/mol. The number of hydrogen-bond donors (Lipinski definition) is 2. The molecule has 2 N–H and O–H groups in total. The summed E-state index contributed by atoms with van der Waals surface area (Å²) >= 11 is 3.29. The van der Waals surface area contributed by atoms with E-state index in [2.05, 4.69) is 15.9 Å². The smallest absolute Gasteiger partial charge is 0.337 e. The van der Waals surface area contributed by atoms with Gasteiger partial charge >= 0.3 is 11.9 Å². The molecule has 0 radical (unpaired) electrons. The number of benzene rings is 1. The first kappa shape index (κ1) is 16.7. The van der Waals surface area contributed by atoms with E-state index in [-0.39, 0.29) is 12.4 Å². The van der Waals surface area contributed by atoms with Crippen molar-refractivity contribution in [2.75, 3.05) is 6.61 Å². The molecule has 6 heteroatoms. The number of aliphatic hydroxyl groups is 1. The predicted octanol–water partition coefficient (Wildman–Crippen LogP) is 2.20. The van der Waals surface area contributed by atoms with E-state index in [0.29, 0.717) is 29.5 Å². The fraction of sp³-hybridized carbons (Fsp3) is 0.429. The molecule has 0 heterocycles. The first-order valence-electron chi connectivity index (χ1n) is 6.24. The fourth-order valence-electron chi connectivity index (χ4n) is 1.91. The molecule has 110 valence electrons. The molecule has 1 aromatic rings. The lowest BCUT2D eigenvalue weighted by Gasteiger charge is -2.15. The molecule has 1 atom stereocenters. The molecule has 0 amide bonds. The summed E-state index contributed by atoms with van der Waals surface area (Å²) in [4.78, 5) is 22.3. The zero-order chi connectivity index (χ0) is 15.1. The van der Waals surface area contributed by atoms with Gasteiger partial charge in [-0.2, -0.15) is 0 Å². The highest BCUT2D eigenvalue weighted by Gasteiger charge is 2.20. The molecule has 0 spiro atoms. The van der Waals surface area contributed by atoms with Crippen molar-refractivity contribution in [2.45, 2.75) is 31.2 Å². The summed E-state index contributed by atoms with van der Waals surface area (Å²) in [5, 5.41) is 19.0. The Morgan fingerprint density at radius 3 is 2.65 bits per heavy atom. The van der Waals surface area contributed by atoms with Crippen LogP contribution in [0.15, 0.2) is 18.2 Å². The van der Waals surface area contributed by atoms with Gasteiger partial charge in [-0.3, -0.25) is 4.79 Å². The van der Waals surface area contributed by atoms with E-state index < -0.39 is 12.1 Å². The number of aliphatic carboxylic acids is 1. The first-order chi connectivity index (χ1) is 9.51. The number of aryl methyl sites for hydroxylation is 1. The van der Waals surface area contributed by atoms with E-state index in [9.17, 15) is 14.7 Å². The maximum atomic E-state index is 11.4. The van der Waals surface area contributed by atoms with Crippen molar-refractivity contribution in [2.24, 2.45) is 0 Å². The second-order valence-corrected chi connectivity index (χ2v) is 4.73. The second kappa shape index (κ2) is 8.01. The van der Waals surface area contributed by atoms with Crippen LogP contribution >= 0.6 is 15.9 Å². The summed E-state index contributed by atoms with van der Waals surface area (Å²) in [5.41, 5.74) is 1.87. The van der Waals surface area contributed by atoms with Crippen molar-refractivity contribution < 1.29 is 24.5 Å². The molecule has 0 aliphatic carbocycles. The Hall–Kier alpha value is -1.40. The Morgan fingerprint density at radius 1 is 1.40 bits per heavy atom. The highest BCUT2D eigenvalue weighted by atomic mass is 79.9. The summed E-state index contributed by atoms with van der Waals surface area (Å²) in [6.45, 7) is 2.08. The average molecular weight is 345 g/mol. The van der Waals surface area contributed by atoms with Crippen molar-refractivity contribution >= 4 is 27.9 Å². The van der Waals surface area contributed by atoms with Crippen LogP contribution in [0.2, 0.25) is 0 Å². The summed E-state index contributed by atoms with van der Waals surface area (Å²) in [6.07, 6.45) is -0.898. The van der Waals surface area contributed by atoms with Crippen molar-refractivity contribution in [1.29, 1.82) is 0 Å². The van der Waals surface area contributed by atoms with E-state index in [1.165, 1.54) is 0 Å². The van der Waals surface area contributed by atoms with Gasteiger partial charge in [-0.1, -0.05) is 34.1 Å². The van der Waals surface area contributed by atoms with Crippen molar-refractivity contribution in [3.8, 4) is 0 Å². The SMILES string of the molecule is CCOC(=O)CCc1cccc(C(O)C(=O)O)c1CBr. The van der Waals surface area contributed by atoms with Gasteiger partial charge in [0.05, 0.1) is 6.61 Å². The molecule has 1 rings (SSSR count). The number of esters is 1. The molecular formula is C14H17BrO5. The largest absolute Gasteiger partial charge is 0.479 e. The maximum absolute atomic E-state index is 11.4. The van der Waals surface area contributed by atoms with E-state index in [0.717, 1.165) is 5.56 Å². The lowest BCUT2D eigenvalue weighted by Crippen LogP contribution is -2.14. The van der Waals surface area contributed by atoms with E-state index >= 15 is 0 Å². The van der Waals surface area contributed by atoms with Crippen LogP contribution in [-0.2, 0) is 26.1 Å². The minimum Gasteiger partial charge on any atom is -0.479 e. The molecule has 0 bridgehead atoms. The lowest BCUT2D eigenvalue weighted by molar-refractivity contribution is -0.147. The monoisotopic (exact) mass is 344 g/mol. The number of ether oxygens (including phenoxy) is 1. The Morgan fingerprint density at radius 2 is 2.10 bits per heavy atom. The molecular weight excluding hydrogens is 328 g/mol. The number of halogens is 1. The summed E-state index contributed by atoms with van der Waals surface area (Å²) in [6, 6.07) is 5.06. The van der Waals surface area contributed by atoms with Crippen LogP contribution in [0.4, 0.5) is 0 Å². The van der Waals surface area contributed by atoms with Crippen LogP contribution in [0.3, 0.4) is 0 Å². The van der Waals surface area contributed by atoms with E-state index in [1.54, 1.807) is 19.1 Å². The number of carboxylic acids is 1. The van der Waals surface area contributed by atoms with Gasteiger partial charge in [0.25, 0.3) is 0 Å². The average Bonchev–Trinajstić information content (AvgIpc) is 2.43. The minimum atomic E-state index is -1.56. The van der Waals surface area contributed by atoms with Crippen LogP contribution in [0.25, 0.3) is 0 Å². The maximum Gasteiger partial charge on any atom is 0.337 e. The molecule has 0 aliphatic rings. The second-order valence-electron chi connectivity index (χ2n) is 4.16. The number of hydrogen-bond acceptors (Lipinski definition) is 4. The Kier molecular flexibility index (Phi) is 6.67. The fourth-order valence-corrected chi connectivity index (χ4v) is 2.59. The van der Waals surface area contributed by atoms with Crippen LogP contribution in [0.5, 0.6) is 0 Å². The van der Waals surface area contributed by atoms with Gasteiger partial charge in [0.1, 0.15) is 0 Å². The van der Waals surface area contributed by atoms with Gasteiger partial charge in [0, 0.05) is 11.8 Å². The summed E-state index contributed by atoms with van der Waals surface area (Å²) in [7, 11) is 0. The van der Waals surface area contributed by atoms with Crippen molar-refractivity contribution in [3.05, 3.63) is 34.9 Å².